The lowest BCUT2D eigenvalue weighted by atomic mass is 10.3. The van der Waals surface area contributed by atoms with Crippen molar-refractivity contribution < 1.29 is 4.74 Å². The van der Waals surface area contributed by atoms with Gasteiger partial charge >= 0.3 is 0 Å². The van der Waals surface area contributed by atoms with Gasteiger partial charge in [0, 0.05) is 6.20 Å². The predicted octanol–water partition coefficient (Wildman–Crippen LogP) is 2.46. The van der Waals surface area contributed by atoms with Crippen LogP contribution in [0.5, 0.6) is 5.75 Å². The third-order valence-corrected chi connectivity index (χ3v) is 2.41. The maximum Gasteiger partial charge on any atom is 0.149 e. The molecule has 0 amide bonds. The Morgan fingerprint density at radius 3 is 2.79 bits per heavy atom. The van der Waals surface area contributed by atoms with Gasteiger partial charge in [-0.25, -0.2) is 9.97 Å². The Hall–Kier alpha value is -2.30. The summed E-state index contributed by atoms with van der Waals surface area (Å²) in [5, 5.41) is 3.26. The van der Waals surface area contributed by atoms with E-state index in [2.05, 4.69) is 15.3 Å². The summed E-state index contributed by atoms with van der Waals surface area (Å²) in [6, 6.07) is 9.46. The first-order valence-corrected chi connectivity index (χ1v) is 6.22. The van der Waals surface area contributed by atoms with Crippen LogP contribution in [0.1, 0.15) is 19.7 Å². The number of rotatable bonds is 5. The molecule has 0 aliphatic carbocycles. The van der Waals surface area contributed by atoms with Gasteiger partial charge < -0.3 is 15.8 Å². The number of nitrogens with one attached hydrogen (secondary N) is 1. The Balaban J connectivity index is 2.07. The zero-order valence-electron chi connectivity index (χ0n) is 11.1. The largest absolute Gasteiger partial charge is 0.489 e. The molecule has 0 fully saturated rings. The Kier molecular flexibility index (Phi) is 4.18. The van der Waals surface area contributed by atoms with Crippen molar-refractivity contribution in [1.82, 2.24) is 9.97 Å². The molecule has 5 heteroatoms. The van der Waals surface area contributed by atoms with E-state index in [1.807, 2.05) is 38.1 Å². The molecule has 0 radical (unpaired) electrons. The third kappa shape index (κ3) is 3.84. The minimum Gasteiger partial charge on any atom is -0.489 e. The van der Waals surface area contributed by atoms with Gasteiger partial charge in [-0.2, -0.15) is 0 Å². The van der Waals surface area contributed by atoms with Crippen molar-refractivity contribution in [3.63, 3.8) is 0 Å². The summed E-state index contributed by atoms with van der Waals surface area (Å²) in [5.74, 6) is 1.94. The number of benzene rings is 1. The maximum atomic E-state index is 5.73. The molecule has 1 aromatic heterocycles. The Morgan fingerprint density at radius 1 is 1.26 bits per heavy atom. The summed E-state index contributed by atoms with van der Waals surface area (Å²) in [6.07, 6.45) is 1.78. The van der Waals surface area contributed by atoms with E-state index >= 15 is 0 Å². The Bertz CT molecular complexity index is 542. The molecule has 0 saturated carbocycles. The average molecular weight is 258 g/mol. The van der Waals surface area contributed by atoms with Crippen LogP contribution < -0.4 is 15.8 Å². The topological polar surface area (TPSA) is 73.1 Å². The van der Waals surface area contributed by atoms with Gasteiger partial charge in [0.15, 0.2) is 0 Å². The summed E-state index contributed by atoms with van der Waals surface area (Å²) < 4.78 is 5.73. The Labute approximate surface area is 112 Å². The fraction of sp³-hybridized carbons (Fsp3) is 0.286. The van der Waals surface area contributed by atoms with Crippen LogP contribution in [0.15, 0.2) is 36.5 Å². The van der Waals surface area contributed by atoms with Gasteiger partial charge in [0.05, 0.1) is 18.3 Å². The minimum absolute atomic E-state index is 0.131. The van der Waals surface area contributed by atoms with E-state index in [1.165, 1.54) is 0 Å². The van der Waals surface area contributed by atoms with E-state index in [9.17, 15) is 0 Å². The number of anilines is 2. The van der Waals surface area contributed by atoms with Crippen LogP contribution in [0, 0.1) is 0 Å². The first-order valence-electron chi connectivity index (χ1n) is 6.22. The third-order valence-electron chi connectivity index (χ3n) is 2.41. The number of hydrogen-bond donors (Lipinski definition) is 2. The SMILES string of the molecule is CC(C)Oc1ccccc1NCc1nccc(N)n1. The highest BCUT2D eigenvalue weighted by atomic mass is 16.5. The van der Waals surface area contributed by atoms with Crippen molar-refractivity contribution in [2.45, 2.75) is 26.5 Å². The zero-order chi connectivity index (χ0) is 13.7. The maximum absolute atomic E-state index is 5.73. The predicted molar refractivity (Wildman–Crippen MR) is 76.0 cm³/mol. The smallest absolute Gasteiger partial charge is 0.149 e. The van der Waals surface area contributed by atoms with Gasteiger partial charge in [0.2, 0.25) is 0 Å². The van der Waals surface area contributed by atoms with Crippen LogP contribution in [0.3, 0.4) is 0 Å². The summed E-state index contributed by atoms with van der Waals surface area (Å²) in [4.78, 5) is 8.29. The van der Waals surface area contributed by atoms with Gasteiger partial charge in [-0.1, -0.05) is 12.1 Å². The molecule has 2 aromatic rings. The lowest BCUT2D eigenvalue weighted by Crippen LogP contribution is -2.10. The fourth-order valence-electron chi connectivity index (χ4n) is 1.64. The lowest BCUT2D eigenvalue weighted by Gasteiger charge is -2.15. The fourth-order valence-corrected chi connectivity index (χ4v) is 1.64. The molecule has 19 heavy (non-hydrogen) atoms. The second kappa shape index (κ2) is 6.04. The highest BCUT2D eigenvalue weighted by molar-refractivity contribution is 5.56. The normalized spacial score (nSPS) is 10.5. The van der Waals surface area contributed by atoms with Gasteiger partial charge in [0.25, 0.3) is 0 Å². The highest BCUT2D eigenvalue weighted by Crippen LogP contribution is 2.25. The molecule has 0 bridgehead atoms. The molecule has 0 saturated heterocycles. The number of nitrogens with zero attached hydrogens (tertiary/aromatic N) is 2. The second-order valence-electron chi connectivity index (χ2n) is 4.41. The molecule has 0 aliphatic heterocycles. The van der Waals surface area contributed by atoms with Crippen LogP contribution in [0.25, 0.3) is 0 Å². The first kappa shape index (κ1) is 13.1. The van der Waals surface area contributed by atoms with Crippen molar-refractivity contribution in [2.24, 2.45) is 0 Å². The van der Waals surface area contributed by atoms with Crippen molar-refractivity contribution in [1.29, 1.82) is 0 Å². The van der Waals surface area contributed by atoms with Crippen LogP contribution in [0.4, 0.5) is 11.5 Å². The summed E-state index contributed by atoms with van der Waals surface area (Å²) in [7, 11) is 0. The number of hydrogen-bond acceptors (Lipinski definition) is 5. The van der Waals surface area contributed by atoms with E-state index in [4.69, 9.17) is 10.5 Å². The summed E-state index contributed by atoms with van der Waals surface area (Å²) in [6.45, 7) is 4.50. The number of nitrogen functional groups attached to an aromatic ring is 1. The molecule has 0 spiro atoms. The van der Waals surface area contributed by atoms with E-state index in [1.54, 1.807) is 12.3 Å². The standard InChI is InChI=1S/C14H18N4O/c1-10(2)19-12-6-4-3-5-11(12)17-9-14-16-8-7-13(15)18-14/h3-8,10,17H,9H2,1-2H3,(H2,15,16,18). The molecule has 0 atom stereocenters. The first-order chi connectivity index (χ1) is 9.15. The van der Waals surface area contributed by atoms with E-state index < -0.39 is 0 Å². The van der Waals surface area contributed by atoms with Crippen molar-refractivity contribution >= 4 is 11.5 Å². The molecule has 5 nitrogen and oxygen atoms in total. The number of ether oxygens (including phenoxy) is 1. The zero-order valence-corrected chi connectivity index (χ0v) is 11.1. The van der Waals surface area contributed by atoms with Crippen LogP contribution >= 0.6 is 0 Å². The highest BCUT2D eigenvalue weighted by Gasteiger charge is 2.05. The Morgan fingerprint density at radius 2 is 2.05 bits per heavy atom. The summed E-state index contributed by atoms with van der Waals surface area (Å²) in [5.41, 5.74) is 6.54. The average Bonchev–Trinajstić information content (AvgIpc) is 2.37. The molecule has 1 aromatic carbocycles. The molecule has 0 aliphatic rings. The second-order valence-corrected chi connectivity index (χ2v) is 4.41. The van der Waals surface area contributed by atoms with Gasteiger partial charge in [-0.15, -0.1) is 0 Å². The van der Waals surface area contributed by atoms with E-state index in [-0.39, 0.29) is 6.10 Å². The van der Waals surface area contributed by atoms with E-state index in [0.717, 1.165) is 11.4 Å². The molecule has 2 rings (SSSR count). The van der Waals surface area contributed by atoms with Crippen LogP contribution in [-0.4, -0.2) is 16.1 Å². The van der Waals surface area contributed by atoms with Gasteiger partial charge in [-0.05, 0) is 32.0 Å². The van der Waals surface area contributed by atoms with Crippen molar-refractivity contribution in [2.75, 3.05) is 11.1 Å². The molecule has 1 heterocycles. The van der Waals surface area contributed by atoms with Gasteiger partial charge in [0.1, 0.15) is 17.4 Å². The van der Waals surface area contributed by atoms with Crippen molar-refractivity contribution in [3.8, 4) is 5.75 Å². The molecule has 0 unspecified atom stereocenters. The number of aromatic nitrogens is 2. The van der Waals surface area contributed by atoms with Crippen LogP contribution in [0.2, 0.25) is 0 Å². The lowest BCUT2D eigenvalue weighted by molar-refractivity contribution is 0.243. The summed E-state index contributed by atoms with van der Waals surface area (Å²) >= 11 is 0. The monoisotopic (exact) mass is 258 g/mol. The van der Waals surface area contributed by atoms with Crippen LogP contribution in [-0.2, 0) is 6.54 Å². The number of nitrogens with two attached hydrogens (primary N) is 1. The quantitative estimate of drug-likeness (QED) is 0.861. The van der Waals surface area contributed by atoms with Crippen molar-refractivity contribution in [3.05, 3.63) is 42.4 Å². The molecular formula is C14H18N4O. The molecular weight excluding hydrogens is 240 g/mol. The number of para-hydroxylation sites is 2. The molecule has 3 N–H and O–H groups in total. The van der Waals surface area contributed by atoms with E-state index in [0.29, 0.717) is 18.2 Å². The minimum atomic E-state index is 0.131. The van der Waals surface area contributed by atoms with Gasteiger partial charge in [-0.3, -0.25) is 0 Å². The molecule has 100 valence electrons.